The highest BCUT2D eigenvalue weighted by molar-refractivity contribution is 6.04. The molecule has 0 radical (unpaired) electrons. The molecule has 0 aliphatic heterocycles. The SMILES string of the molecule is Cc1ccccc1-c1ccc2ccccc2c1N(C)c1cccnc1-c1ccccc1C. The molecule has 0 N–H and O–H groups in total. The Morgan fingerprint density at radius 2 is 1.25 bits per heavy atom. The van der Waals surface area contributed by atoms with Crippen LogP contribution in [0.1, 0.15) is 11.1 Å². The second-order valence-corrected chi connectivity index (χ2v) is 8.24. The zero-order valence-electron chi connectivity index (χ0n) is 18.7. The van der Waals surface area contributed by atoms with E-state index in [0.717, 1.165) is 16.9 Å². The third-order valence-corrected chi connectivity index (χ3v) is 6.22. The smallest absolute Gasteiger partial charge is 0.0941 e. The number of aryl methyl sites for hydroxylation is 2. The van der Waals surface area contributed by atoms with Crippen molar-refractivity contribution in [2.24, 2.45) is 0 Å². The quantitative estimate of drug-likeness (QED) is 0.296. The molecule has 0 saturated heterocycles. The van der Waals surface area contributed by atoms with Crippen LogP contribution in [-0.4, -0.2) is 12.0 Å². The van der Waals surface area contributed by atoms with Crippen molar-refractivity contribution in [1.82, 2.24) is 4.98 Å². The van der Waals surface area contributed by atoms with E-state index in [1.165, 1.54) is 38.7 Å². The molecule has 0 aliphatic carbocycles. The van der Waals surface area contributed by atoms with E-state index in [-0.39, 0.29) is 0 Å². The van der Waals surface area contributed by atoms with Crippen LogP contribution in [0, 0.1) is 13.8 Å². The molecule has 0 saturated carbocycles. The molecule has 0 amide bonds. The van der Waals surface area contributed by atoms with Crippen LogP contribution < -0.4 is 4.90 Å². The van der Waals surface area contributed by atoms with Gasteiger partial charge >= 0.3 is 0 Å². The lowest BCUT2D eigenvalue weighted by Crippen LogP contribution is -2.13. The zero-order valence-corrected chi connectivity index (χ0v) is 18.7. The Kier molecular flexibility index (Phi) is 5.20. The largest absolute Gasteiger partial charge is 0.342 e. The summed E-state index contributed by atoms with van der Waals surface area (Å²) in [6, 6.07) is 34.3. The van der Waals surface area contributed by atoms with Crippen molar-refractivity contribution in [3.63, 3.8) is 0 Å². The average Bonchev–Trinajstić information content (AvgIpc) is 2.84. The Hall–Kier alpha value is -3.91. The van der Waals surface area contributed by atoms with Gasteiger partial charge in [0.2, 0.25) is 0 Å². The summed E-state index contributed by atoms with van der Waals surface area (Å²) in [5, 5.41) is 2.46. The molecule has 1 heterocycles. The summed E-state index contributed by atoms with van der Waals surface area (Å²) >= 11 is 0. The number of aromatic nitrogens is 1. The van der Waals surface area contributed by atoms with E-state index in [0.29, 0.717) is 0 Å². The first-order valence-electron chi connectivity index (χ1n) is 11.0. The van der Waals surface area contributed by atoms with Crippen LogP contribution in [-0.2, 0) is 0 Å². The highest BCUT2D eigenvalue weighted by atomic mass is 15.1. The molecule has 2 nitrogen and oxygen atoms in total. The number of benzene rings is 4. The summed E-state index contributed by atoms with van der Waals surface area (Å²) in [7, 11) is 2.16. The van der Waals surface area contributed by atoms with Crippen LogP contribution in [0.4, 0.5) is 11.4 Å². The summed E-state index contributed by atoms with van der Waals surface area (Å²) in [6.07, 6.45) is 1.88. The second-order valence-electron chi connectivity index (χ2n) is 8.24. The van der Waals surface area contributed by atoms with E-state index in [1.54, 1.807) is 0 Å². The number of rotatable bonds is 4. The van der Waals surface area contributed by atoms with Crippen molar-refractivity contribution >= 4 is 22.1 Å². The minimum atomic E-state index is 0.997. The van der Waals surface area contributed by atoms with Gasteiger partial charge in [0.25, 0.3) is 0 Å². The van der Waals surface area contributed by atoms with Gasteiger partial charge < -0.3 is 4.90 Å². The van der Waals surface area contributed by atoms with Crippen molar-refractivity contribution in [2.75, 3.05) is 11.9 Å². The zero-order chi connectivity index (χ0) is 22.1. The Balaban J connectivity index is 1.79. The Bertz CT molecular complexity index is 1420. The molecule has 0 spiro atoms. The van der Waals surface area contributed by atoms with Crippen LogP contribution in [0.2, 0.25) is 0 Å². The maximum Gasteiger partial charge on any atom is 0.0941 e. The summed E-state index contributed by atoms with van der Waals surface area (Å²) in [6.45, 7) is 4.32. The fraction of sp³-hybridized carbons (Fsp3) is 0.100. The first kappa shape index (κ1) is 20.0. The molecule has 32 heavy (non-hydrogen) atoms. The number of nitrogens with zero attached hydrogens (tertiary/aromatic N) is 2. The normalized spacial score (nSPS) is 11.0. The van der Waals surface area contributed by atoms with Gasteiger partial charge in [-0.15, -0.1) is 0 Å². The molecule has 2 heteroatoms. The minimum Gasteiger partial charge on any atom is -0.342 e. The number of anilines is 2. The minimum absolute atomic E-state index is 0.997. The maximum absolute atomic E-state index is 4.81. The van der Waals surface area contributed by atoms with Gasteiger partial charge in [0.15, 0.2) is 0 Å². The summed E-state index contributed by atoms with van der Waals surface area (Å²) in [5.74, 6) is 0. The van der Waals surface area contributed by atoms with E-state index in [9.17, 15) is 0 Å². The van der Waals surface area contributed by atoms with E-state index in [4.69, 9.17) is 4.98 Å². The van der Waals surface area contributed by atoms with Gasteiger partial charge in [-0.3, -0.25) is 4.98 Å². The molecule has 0 aliphatic rings. The van der Waals surface area contributed by atoms with E-state index in [2.05, 4.69) is 117 Å². The highest BCUT2D eigenvalue weighted by Gasteiger charge is 2.19. The van der Waals surface area contributed by atoms with Crippen molar-refractivity contribution in [3.05, 3.63) is 114 Å². The summed E-state index contributed by atoms with van der Waals surface area (Å²) in [4.78, 5) is 7.12. The second kappa shape index (κ2) is 8.32. The van der Waals surface area contributed by atoms with E-state index in [1.807, 2.05) is 12.3 Å². The number of hydrogen-bond acceptors (Lipinski definition) is 2. The Morgan fingerprint density at radius 1 is 0.594 bits per heavy atom. The maximum atomic E-state index is 4.81. The van der Waals surface area contributed by atoms with Crippen LogP contribution in [0.25, 0.3) is 33.2 Å². The van der Waals surface area contributed by atoms with Crippen molar-refractivity contribution < 1.29 is 0 Å². The fourth-order valence-corrected chi connectivity index (χ4v) is 4.54. The fourth-order valence-electron chi connectivity index (χ4n) is 4.54. The first-order chi connectivity index (χ1) is 15.6. The van der Waals surface area contributed by atoms with E-state index >= 15 is 0 Å². The molecule has 1 aromatic heterocycles. The molecule has 0 atom stereocenters. The highest BCUT2D eigenvalue weighted by Crippen LogP contribution is 2.43. The van der Waals surface area contributed by atoms with Crippen LogP contribution in [0.5, 0.6) is 0 Å². The molecular formula is C30H26N2. The molecule has 5 aromatic rings. The van der Waals surface area contributed by atoms with Crippen LogP contribution in [0.15, 0.2) is 103 Å². The summed E-state index contributed by atoms with van der Waals surface area (Å²) in [5.41, 5.74) is 9.41. The van der Waals surface area contributed by atoms with Crippen molar-refractivity contribution in [2.45, 2.75) is 13.8 Å². The molecule has 0 fully saturated rings. The van der Waals surface area contributed by atoms with Gasteiger partial charge in [0.1, 0.15) is 0 Å². The molecule has 156 valence electrons. The van der Waals surface area contributed by atoms with Gasteiger partial charge in [0, 0.05) is 29.8 Å². The predicted molar refractivity (Wildman–Crippen MR) is 137 cm³/mol. The number of hydrogen-bond donors (Lipinski definition) is 0. The Morgan fingerprint density at radius 3 is 2.00 bits per heavy atom. The lowest BCUT2D eigenvalue weighted by atomic mass is 9.94. The standard InChI is InChI=1S/C30H26N2/c1-21-11-4-7-14-24(21)27-19-18-23-13-6-9-16-26(23)30(27)32(3)28-17-10-20-31-29(28)25-15-8-5-12-22(25)2/h4-20H,1-3H3. The van der Waals surface area contributed by atoms with Gasteiger partial charge in [0.05, 0.1) is 17.1 Å². The molecule has 4 aromatic carbocycles. The third kappa shape index (κ3) is 3.44. The van der Waals surface area contributed by atoms with Crippen molar-refractivity contribution in [3.8, 4) is 22.4 Å². The summed E-state index contributed by atoms with van der Waals surface area (Å²) < 4.78 is 0. The van der Waals surface area contributed by atoms with Crippen LogP contribution in [0.3, 0.4) is 0 Å². The predicted octanol–water partition coefficient (Wildman–Crippen LogP) is 7.95. The monoisotopic (exact) mass is 414 g/mol. The average molecular weight is 415 g/mol. The molecule has 5 rings (SSSR count). The molecular weight excluding hydrogens is 388 g/mol. The molecule has 0 bridgehead atoms. The van der Waals surface area contributed by atoms with Gasteiger partial charge in [-0.25, -0.2) is 0 Å². The Labute approximate surface area is 189 Å². The van der Waals surface area contributed by atoms with Crippen molar-refractivity contribution in [1.29, 1.82) is 0 Å². The molecule has 0 unspecified atom stereocenters. The number of pyridine rings is 1. The first-order valence-corrected chi connectivity index (χ1v) is 11.0. The van der Waals surface area contributed by atoms with Crippen LogP contribution >= 0.6 is 0 Å². The van der Waals surface area contributed by atoms with Gasteiger partial charge in [-0.05, 0) is 48.1 Å². The topological polar surface area (TPSA) is 16.1 Å². The van der Waals surface area contributed by atoms with Gasteiger partial charge in [-0.2, -0.15) is 0 Å². The lowest BCUT2D eigenvalue weighted by molar-refractivity contribution is 1.18. The van der Waals surface area contributed by atoms with Gasteiger partial charge in [-0.1, -0.05) is 84.9 Å². The number of fused-ring (bicyclic) bond motifs is 1. The lowest BCUT2D eigenvalue weighted by Gasteiger charge is -2.27. The third-order valence-electron chi connectivity index (χ3n) is 6.22. The van der Waals surface area contributed by atoms with E-state index < -0.39 is 0 Å².